The first-order valence-electron chi connectivity index (χ1n) is 8.74. The average molecular weight is 343 g/mol. The molecule has 3 rings (SSSR count). The van der Waals surface area contributed by atoms with Gasteiger partial charge >= 0.3 is 0 Å². The maximum atomic E-state index is 12.2. The van der Waals surface area contributed by atoms with Gasteiger partial charge in [-0.15, -0.1) is 11.3 Å². The van der Waals surface area contributed by atoms with Crippen LogP contribution in [-0.2, 0) is 17.8 Å². The Bertz CT molecular complexity index is 667. The number of amides is 1. The lowest BCUT2D eigenvalue weighted by molar-refractivity contribution is -0.121. The third-order valence-corrected chi connectivity index (χ3v) is 5.94. The lowest BCUT2D eigenvalue weighted by Gasteiger charge is -2.32. The predicted octanol–water partition coefficient (Wildman–Crippen LogP) is 3.80. The van der Waals surface area contributed by atoms with Crippen molar-refractivity contribution in [2.75, 3.05) is 13.1 Å². The Morgan fingerprint density at radius 3 is 2.83 bits per heavy atom. The molecule has 1 aliphatic rings. The molecule has 1 N–H and O–H groups in total. The Morgan fingerprint density at radius 2 is 2.04 bits per heavy atom. The van der Waals surface area contributed by atoms with Gasteiger partial charge in [-0.1, -0.05) is 37.3 Å². The molecule has 0 aliphatic carbocycles. The average Bonchev–Trinajstić information content (AvgIpc) is 3.08. The van der Waals surface area contributed by atoms with Crippen LogP contribution in [-0.4, -0.2) is 29.9 Å². The Morgan fingerprint density at radius 1 is 1.25 bits per heavy atom. The summed E-state index contributed by atoms with van der Waals surface area (Å²) in [7, 11) is 0. The number of hydrogen-bond donors (Lipinski definition) is 1. The smallest absolute Gasteiger partial charge is 0.220 e. The van der Waals surface area contributed by atoms with Crippen molar-refractivity contribution >= 4 is 17.2 Å². The molecule has 3 nitrogen and oxygen atoms in total. The van der Waals surface area contributed by atoms with E-state index in [9.17, 15) is 4.79 Å². The van der Waals surface area contributed by atoms with E-state index in [4.69, 9.17) is 0 Å². The zero-order valence-corrected chi connectivity index (χ0v) is 15.3. The third-order valence-electron chi connectivity index (χ3n) is 4.92. The van der Waals surface area contributed by atoms with Gasteiger partial charge < -0.3 is 5.32 Å². The molecular formula is C20H26N2OS. The van der Waals surface area contributed by atoms with Crippen molar-refractivity contribution in [2.24, 2.45) is 0 Å². The van der Waals surface area contributed by atoms with Crippen molar-refractivity contribution < 1.29 is 4.79 Å². The van der Waals surface area contributed by atoms with Crippen LogP contribution < -0.4 is 5.32 Å². The molecule has 0 spiro atoms. The van der Waals surface area contributed by atoms with Crippen LogP contribution in [0.2, 0.25) is 0 Å². The number of nitrogens with one attached hydrogen (secondary N) is 1. The first-order valence-corrected chi connectivity index (χ1v) is 9.62. The number of thiophene rings is 1. The van der Waals surface area contributed by atoms with Gasteiger partial charge in [-0.05, 0) is 41.8 Å². The van der Waals surface area contributed by atoms with E-state index in [-0.39, 0.29) is 11.8 Å². The topological polar surface area (TPSA) is 32.3 Å². The molecule has 1 aliphatic heterocycles. The van der Waals surface area contributed by atoms with E-state index in [2.05, 4.69) is 47.6 Å². The van der Waals surface area contributed by atoms with Gasteiger partial charge in [-0.25, -0.2) is 0 Å². The van der Waals surface area contributed by atoms with Crippen molar-refractivity contribution in [2.45, 2.75) is 45.2 Å². The quantitative estimate of drug-likeness (QED) is 0.866. The van der Waals surface area contributed by atoms with Gasteiger partial charge in [-0.2, -0.15) is 0 Å². The van der Waals surface area contributed by atoms with Gasteiger partial charge in [0.05, 0.1) is 0 Å². The summed E-state index contributed by atoms with van der Waals surface area (Å²) >= 11 is 1.87. The van der Waals surface area contributed by atoms with Gasteiger partial charge in [0.25, 0.3) is 0 Å². The lowest BCUT2D eigenvalue weighted by Crippen LogP contribution is -2.44. The Labute approximate surface area is 148 Å². The molecule has 128 valence electrons. The van der Waals surface area contributed by atoms with Gasteiger partial charge in [-0.3, -0.25) is 9.69 Å². The number of rotatable bonds is 6. The highest BCUT2D eigenvalue weighted by atomic mass is 32.1. The summed E-state index contributed by atoms with van der Waals surface area (Å²) in [5.74, 6) is 0.399. The van der Waals surface area contributed by atoms with Crippen LogP contribution in [0.5, 0.6) is 0 Å². The third kappa shape index (κ3) is 4.25. The largest absolute Gasteiger partial charge is 0.355 e. The van der Waals surface area contributed by atoms with Gasteiger partial charge in [0, 0.05) is 37.0 Å². The van der Waals surface area contributed by atoms with Crippen molar-refractivity contribution in [1.29, 1.82) is 0 Å². The highest BCUT2D eigenvalue weighted by molar-refractivity contribution is 7.10. The summed E-state index contributed by atoms with van der Waals surface area (Å²) in [5, 5.41) is 5.31. The summed E-state index contributed by atoms with van der Waals surface area (Å²) in [4.78, 5) is 16.2. The molecular weight excluding hydrogens is 316 g/mol. The zero-order valence-electron chi connectivity index (χ0n) is 14.5. The monoisotopic (exact) mass is 342 g/mol. The van der Waals surface area contributed by atoms with Gasteiger partial charge in [0.15, 0.2) is 0 Å². The fourth-order valence-electron chi connectivity index (χ4n) is 3.29. The van der Waals surface area contributed by atoms with Gasteiger partial charge in [0.1, 0.15) is 0 Å². The van der Waals surface area contributed by atoms with Crippen LogP contribution in [0.4, 0.5) is 0 Å². The van der Waals surface area contributed by atoms with E-state index in [0.29, 0.717) is 12.5 Å². The van der Waals surface area contributed by atoms with E-state index in [1.165, 1.54) is 16.0 Å². The molecule has 1 aromatic carbocycles. The molecule has 1 amide bonds. The fourth-order valence-corrected chi connectivity index (χ4v) is 4.18. The molecule has 2 heterocycles. The number of nitrogens with zero attached hydrogens (tertiary/aromatic N) is 1. The summed E-state index contributed by atoms with van der Waals surface area (Å²) in [6, 6.07) is 12.9. The Kier molecular flexibility index (Phi) is 5.69. The normalized spacial score (nSPS) is 17.1. The van der Waals surface area contributed by atoms with E-state index in [0.717, 1.165) is 26.1 Å². The minimum Gasteiger partial charge on any atom is -0.355 e. The molecule has 24 heavy (non-hydrogen) atoms. The van der Waals surface area contributed by atoms with E-state index in [1.54, 1.807) is 0 Å². The molecule has 0 radical (unpaired) electrons. The summed E-state index contributed by atoms with van der Waals surface area (Å²) in [5.41, 5.74) is 2.68. The van der Waals surface area contributed by atoms with E-state index >= 15 is 0 Å². The Balaban J connectivity index is 1.44. The number of carbonyl (C=O) groups excluding carboxylic acids is 1. The highest BCUT2D eigenvalue weighted by Crippen LogP contribution is 2.25. The fraction of sp³-hybridized carbons (Fsp3) is 0.450. The Hall–Kier alpha value is -1.65. The zero-order chi connectivity index (χ0) is 16.9. The van der Waals surface area contributed by atoms with Crippen molar-refractivity contribution in [1.82, 2.24) is 10.2 Å². The molecule has 1 aromatic heterocycles. The van der Waals surface area contributed by atoms with Gasteiger partial charge in [0.2, 0.25) is 5.91 Å². The summed E-state index contributed by atoms with van der Waals surface area (Å²) in [6.45, 7) is 7.14. The first-order chi connectivity index (χ1) is 11.6. The van der Waals surface area contributed by atoms with Crippen LogP contribution in [0, 0.1) is 0 Å². The lowest BCUT2D eigenvalue weighted by atomic mass is 9.97. The highest BCUT2D eigenvalue weighted by Gasteiger charge is 2.22. The molecule has 2 unspecified atom stereocenters. The SMILES string of the molecule is CC(CC(=O)NCC(C)N1CCc2sccc2C1)c1ccccc1. The second-order valence-electron chi connectivity index (χ2n) is 6.76. The number of carbonyl (C=O) groups is 1. The predicted molar refractivity (Wildman–Crippen MR) is 100 cm³/mol. The minimum atomic E-state index is 0.145. The molecule has 4 heteroatoms. The molecule has 0 bridgehead atoms. The molecule has 0 saturated carbocycles. The summed E-state index contributed by atoms with van der Waals surface area (Å²) < 4.78 is 0. The van der Waals surface area contributed by atoms with E-state index in [1.807, 2.05) is 29.5 Å². The van der Waals surface area contributed by atoms with Crippen LogP contribution in [0.3, 0.4) is 0 Å². The second kappa shape index (κ2) is 7.95. The standard InChI is InChI=1S/C20H26N2OS/c1-15(17-6-4-3-5-7-17)12-20(23)21-13-16(2)22-10-8-19-18(14-22)9-11-24-19/h3-7,9,11,15-16H,8,10,12-14H2,1-2H3,(H,21,23). The molecule has 2 atom stereocenters. The second-order valence-corrected chi connectivity index (χ2v) is 7.76. The minimum absolute atomic E-state index is 0.145. The maximum Gasteiger partial charge on any atom is 0.220 e. The molecule has 0 fully saturated rings. The van der Waals surface area contributed by atoms with Crippen molar-refractivity contribution in [3.05, 3.63) is 57.8 Å². The van der Waals surface area contributed by atoms with E-state index < -0.39 is 0 Å². The van der Waals surface area contributed by atoms with Crippen molar-refractivity contribution in [3.63, 3.8) is 0 Å². The number of hydrogen-bond acceptors (Lipinski definition) is 3. The van der Waals surface area contributed by atoms with Crippen molar-refractivity contribution in [3.8, 4) is 0 Å². The van der Waals surface area contributed by atoms with Crippen LogP contribution in [0.15, 0.2) is 41.8 Å². The van der Waals surface area contributed by atoms with Crippen LogP contribution in [0.1, 0.15) is 42.2 Å². The summed E-state index contributed by atoms with van der Waals surface area (Å²) in [6.07, 6.45) is 1.68. The van der Waals surface area contributed by atoms with Crippen LogP contribution in [0.25, 0.3) is 0 Å². The number of benzene rings is 1. The maximum absolute atomic E-state index is 12.2. The molecule has 2 aromatic rings. The number of fused-ring (bicyclic) bond motifs is 1. The van der Waals surface area contributed by atoms with Crippen LogP contribution >= 0.6 is 11.3 Å². The first kappa shape index (κ1) is 17.2. The molecule has 0 saturated heterocycles.